The molecule has 130 valence electrons. The van der Waals surface area contributed by atoms with Crippen LogP contribution in [0.25, 0.3) is 0 Å². The fraction of sp³-hybridized carbons (Fsp3) is 0.444. The molecule has 1 saturated heterocycles. The molecule has 1 aromatic carbocycles. The number of hydrogen-bond donors (Lipinski definition) is 1. The maximum atomic E-state index is 12.9. The van der Waals surface area contributed by atoms with Gasteiger partial charge >= 0.3 is 0 Å². The van der Waals surface area contributed by atoms with Crippen molar-refractivity contribution in [1.29, 1.82) is 0 Å². The fourth-order valence-corrected chi connectivity index (χ4v) is 2.69. The van der Waals surface area contributed by atoms with E-state index >= 15 is 0 Å². The van der Waals surface area contributed by atoms with Gasteiger partial charge in [-0.1, -0.05) is 6.58 Å². The van der Waals surface area contributed by atoms with E-state index in [2.05, 4.69) is 11.9 Å². The van der Waals surface area contributed by atoms with Crippen molar-refractivity contribution >= 4 is 17.5 Å². The first-order chi connectivity index (χ1) is 11.7. The Kier molecular flexibility index (Phi) is 6.96. The lowest BCUT2D eigenvalue weighted by Crippen LogP contribution is -2.45. The Labute approximate surface area is 142 Å². The van der Waals surface area contributed by atoms with Gasteiger partial charge in [0.1, 0.15) is 0 Å². The predicted molar refractivity (Wildman–Crippen MR) is 92.0 cm³/mol. The molecule has 1 aromatic rings. The van der Waals surface area contributed by atoms with Gasteiger partial charge < -0.3 is 19.7 Å². The topological polar surface area (TPSA) is 67.9 Å². The number of nitrogens with zero attached hydrogens (tertiary/aromatic N) is 1. The molecule has 2 amide bonds. The minimum Gasteiger partial charge on any atom is -0.383 e. The number of amides is 2. The summed E-state index contributed by atoms with van der Waals surface area (Å²) in [6, 6.07) is 7.04. The van der Waals surface area contributed by atoms with Crippen LogP contribution >= 0.6 is 0 Å². The van der Waals surface area contributed by atoms with Gasteiger partial charge in [-0.05, 0) is 43.2 Å². The predicted octanol–water partition coefficient (Wildman–Crippen LogP) is 2.08. The van der Waals surface area contributed by atoms with Gasteiger partial charge in [0.15, 0.2) is 0 Å². The van der Waals surface area contributed by atoms with Gasteiger partial charge in [0, 0.05) is 44.2 Å². The maximum Gasteiger partial charge on any atom is 0.254 e. The highest BCUT2D eigenvalue weighted by Crippen LogP contribution is 2.18. The van der Waals surface area contributed by atoms with Gasteiger partial charge in [-0.25, -0.2) is 0 Å². The summed E-state index contributed by atoms with van der Waals surface area (Å²) in [4.78, 5) is 26.0. The number of ether oxygens (including phenoxy) is 2. The molecule has 0 radical (unpaired) electrons. The molecule has 1 aliphatic heterocycles. The molecule has 0 bridgehead atoms. The fourth-order valence-electron chi connectivity index (χ4n) is 2.69. The van der Waals surface area contributed by atoms with E-state index in [0.29, 0.717) is 37.6 Å². The van der Waals surface area contributed by atoms with Crippen molar-refractivity contribution in [1.82, 2.24) is 4.90 Å². The zero-order valence-corrected chi connectivity index (χ0v) is 14.0. The molecule has 1 aliphatic rings. The molecule has 0 saturated carbocycles. The summed E-state index contributed by atoms with van der Waals surface area (Å²) >= 11 is 0. The molecule has 6 heteroatoms. The third-order valence-electron chi connectivity index (χ3n) is 4.01. The summed E-state index contributed by atoms with van der Waals surface area (Å²) in [6.07, 6.45) is 2.88. The van der Waals surface area contributed by atoms with Gasteiger partial charge in [0.2, 0.25) is 5.91 Å². The van der Waals surface area contributed by atoms with Crippen LogP contribution in [0.2, 0.25) is 0 Å². The van der Waals surface area contributed by atoms with E-state index in [1.165, 1.54) is 6.08 Å². The molecular weight excluding hydrogens is 308 g/mol. The first kappa shape index (κ1) is 18.2. The highest BCUT2D eigenvalue weighted by molar-refractivity contribution is 5.99. The van der Waals surface area contributed by atoms with Gasteiger partial charge in [0.05, 0.1) is 6.61 Å². The lowest BCUT2D eigenvalue weighted by Gasteiger charge is -2.34. The Balaban J connectivity index is 2.09. The standard InChI is InChI=1S/C18H24N2O4/c1-3-17(21)19-15-6-4-14(5-7-15)18(22)20(10-13-23-2)16-8-11-24-12-9-16/h3-7,16H,1,8-13H2,2H3,(H,19,21). The first-order valence-electron chi connectivity index (χ1n) is 8.07. The SMILES string of the molecule is C=CC(=O)Nc1ccc(C(=O)N(CCOC)C2CCOCC2)cc1. The van der Waals surface area contributed by atoms with Crippen LogP contribution < -0.4 is 5.32 Å². The summed E-state index contributed by atoms with van der Waals surface area (Å²) in [6.45, 7) is 5.81. The monoisotopic (exact) mass is 332 g/mol. The minimum absolute atomic E-state index is 0.0273. The number of benzene rings is 1. The van der Waals surface area contributed by atoms with Crippen LogP contribution in [0, 0.1) is 0 Å². The molecule has 0 aliphatic carbocycles. The van der Waals surface area contributed by atoms with E-state index in [4.69, 9.17) is 9.47 Å². The van der Waals surface area contributed by atoms with Gasteiger partial charge in [-0.2, -0.15) is 0 Å². The van der Waals surface area contributed by atoms with E-state index in [-0.39, 0.29) is 17.9 Å². The molecule has 1 heterocycles. The number of nitrogens with one attached hydrogen (secondary N) is 1. The number of methoxy groups -OCH3 is 1. The first-order valence-corrected chi connectivity index (χ1v) is 8.07. The van der Waals surface area contributed by atoms with Crippen molar-refractivity contribution in [3.05, 3.63) is 42.5 Å². The van der Waals surface area contributed by atoms with Crippen LogP contribution in [0.15, 0.2) is 36.9 Å². The van der Waals surface area contributed by atoms with Gasteiger partial charge in [-0.15, -0.1) is 0 Å². The second-order valence-corrected chi connectivity index (χ2v) is 5.61. The molecule has 1 fully saturated rings. The van der Waals surface area contributed by atoms with E-state index in [1.54, 1.807) is 31.4 Å². The third kappa shape index (κ3) is 4.91. The molecule has 24 heavy (non-hydrogen) atoms. The average molecular weight is 332 g/mol. The molecule has 0 unspecified atom stereocenters. The maximum absolute atomic E-state index is 12.9. The Morgan fingerprint density at radius 1 is 1.33 bits per heavy atom. The number of carbonyl (C=O) groups excluding carboxylic acids is 2. The lowest BCUT2D eigenvalue weighted by atomic mass is 10.1. The molecule has 1 N–H and O–H groups in total. The van der Waals surface area contributed by atoms with Crippen molar-refractivity contribution in [3.63, 3.8) is 0 Å². The summed E-state index contributed by atoms with van der Waals surface area (Å²) in [5.74, 6) is -0.307. The molecule has 6 nitrogen and oxygen atoms in total. The quantitative estimate of drug-likeness (QED) is 0.776. The van der Waals surface area contributed by atoms with Gasteiger partial charge in [0.25, 0.3) is 5.91 Å². The van der Waals surface area contributed by atoms with Crippen molar-refractivity contribution in [3.8, 4) is 0 Å². The average Bonchev–Trinajstić information content (AvgIpc) is 2.63. The smallest absolute Gasteiger partial charge is 0.254 e. The van der Waals surface area contributed by atoms with Crippen LogP contribution in [-0.2, 0) is 14.3 Å². The molecular formula is C18H24N2O4. The van der Waals surface area contributed by atoms with Crippen molar-refractivity contribution in [2.24, 2.45) is 0 Å². The Hall–Kier alpha value is -2.18. The Morgan fingerprint density at radius 2 is 2.00 bits per heavy atom. The normalized spacial score (nSPS) is 14.9. The summed E-state index contributed by atoms with van der Waals surface area (Å²) in [7, 11) is 1.63. The Bertz CT molecular complexity index is 565. The van der Waals surface area contributed by atoms with Crippen LogP contribution in [0.1, 0.15) is 23.2 Å². The van der Waals surface area contributed by atoms with Crippen LogP contribution in [0.4, 0.5) is 5.69 Å². The summed E-state index contributed by atoms with van der Waals surface area (Å²) < 4.78 is 10.5. The zero-order chi connectivity index (χ0) is 17.4. The molecule has 2 rings (SSSR count). The number of anilines is 1. The molecule has 0 aromatic heterocycles. The Morgan fingerprint density at radius 3 is 2.58 bits per heavy atom. The summed E-state index contributed by atoms with van der Waals surface area (Å²) in [5, 5.41) is 2.67. The summed E-state index contributed by atoms with van der Waals surface area (Å²) in [5.41, 5.74) is 1.22. The number of rotatable bonds is 7. The third-order valence-corrected chi connectivity index (χ3v) is 4.01. The number of hydrogen-bond acceptors (Lipinski definition) is 4. The van der Waals surface area contributed by atoms with Crippen LogP contribution in [0.3, 0.4) is 0 Å². The second-order valence-electron chi connectivity index (χ2n) is 5.61. The number of carbonyl (C=O) groups is 2. The van der Waals surface area contributed by atoms with Crippen LogP contribution in [0.5, 0.6) is 0 Å². The molecule has 0 atom stereocenters. The van der Waals surface area contributed by atoms with Crippen LogP contribution in [-0.4, -0.2) is 56.2 Å². The minimum atomic E-state index is -0.280. The molecule has 0 spiro atoms. The van der Waals surface area contributed by atoms with Crippen molar-refractivity contribution < 1.29 is 19.1 Å². The van der Waals surface area contributed by atoms with E-state index in [1.807, 2.05) is 4.90 Å². The van der Waals surface area contributed by atoms with Crippen molar-refractivity contribution in [2.45, 2.75) is 18.9 Å². The largest absolute Gasteiger partial charge is 0.383 e. The zero-order valence-electron chi connectivity index (χ0n) is 14.0. The van der Waals surface area contributed by atoms with E-state index < -0.39 is 0 Å². The lowest BCUT2D eigenvalue weighted by molar-refractivity contribution is -0.111. The van der Waals surface area contributed by atoms with Gasteiger partial charge in [-0.3, -0.25) is 9.59 Å². The highest BCUT2D eigenvalue weighted by Gasteiger charge is 2.26. The van der Waals surface area contributed by atoms with E-state index in [9.17, 15) is 9.59 Å². The second kappa shape index (κ2) is 9.20. The highest BCUT2D eigenvalue weighted by atomic mass is 16.5. The van der Waals surface area contributed by atoms with E-state index in [0.717, 1.165) is 12.8 Å². The van der Waals surface area contributed by atoms with Crippen molar-refractivity contribution in [2.75, 3.05) is 38.8 Å².